The summed E-state index contributed by atoms with van der Waals surface area (Å²) in [4.78, 5) is 0. The highest BCUT2D eigenvalue weighted by atomic mass is 35.5. The number of rotatable bonds is 3. The average molecular weight is 233 g/mol. The lowest BCUT2D eigenvalue weighted by molar-refractivity contribution is 0.178. The number of halogens is 1. The maximum absolute atomic E-state index is 10.1. The van der Waals surface area contributed by atoms with E-state index in [1.165, 1.54) is 0 Å². The lowest BCUT2D eigenvalue weighted by Crippen LogP contribution is -2.02. The molecule has 0 aliphatic carbocycles. The van der Waals surface area contributed by atoms with E-state index in [-0.39, 0.29) is 0 Å². The van der Waals surface area contributed by atoms with Crippen LogP contribution in [-0.4, -0.2) is 5.11 Å². The molecule has 2 aromatic rings. The number of hydrogen-bond acceptors (Lipinski definition) is 1. The van der Waals surface area contributed by atoms with Crippen LogP contribution in [0, 0.1) is 0 Å². The Morgan fingerprint density at radius 1 is 0.938 bits per heavy atom. The highest BCUT2D eigenvalue weighted by molar-refractivity contribution is 6.31. The van der Waals surface area contributed by atoms with Gasteiger partial charge in [0, 0.05) is 11.4 Å². The molecule has 2 heteroatoms. The topological polar surface area (TPSA) is 20.2 Å². The van der Waals surface area contributed by atoms with Crippen LogP contribution in [0.5, 0.6) is 0 Å². The minimum Gasteiger partial charge on any atom is -0.388 e. The van der Waals surface area contributed by atoms with Crippen LogP contribution in [0.1, 0.15) is 17.2 Å². The van der Waals surface area contributed by atoms with Gasteiger partial charge in [0.25, 0.3) is 0 Å². The van der Waals surface area contributed by atoms with Crippen molar-refractivity contribution in [2.75, 3.05) is 0 Å². The third-order valence-electron chi connectivity index (χ3n) is 2.54. The van der Waals surface area contributed by atoms with Crippen LogP contribution in [0.15, 0.2) is 54.6 Å². The molecule has 1 atom stereocenters. The Kier molecular flexibility index (Phi) is 3.60. The predicted octanol–water partition coefficient (Wildman–Crippen LogP) is 3.62. The molecule has 0 aromatic heterocycles. The van der Waals surface area contributed by atoms with E-state index in [1.807, 2.05) is 48.5 Å². The first-order valence-electron chi connectivity index (χ1n) is 5.24. The van der Waals surface area contributed by atoms with Gasteiger partial charge in [-0.3, -0.25) is 0 Å². The number of aliphatic hydroxyl groups excluding tert-OH is 1. The summed E-state index contributed by atoms with van der Waals surface area (Å²) < 4.78 is 0. The molecule has 0 bridgehead atoms. The second-order valence-electron chi connectivity index (χ2n) is 3.73. The van der Waals surface area contributed by atoms with Gasteiger partial charge < -0.3 is 5.11 Å². The second kappa shape index (κ2) is 5.15. The highest BCUT2D eigenvalue weighted by Gasteiger charge is 2.11. The zero-order valence-corrected chi connectivity index (χ0v) is 9.56. The van der Waals surface area contributed by atoms with Crippen LogP contribution in [0.25, 0.3) is 0 Å². The minimum atomic E-state index is -0.545. The highest BCUT2D eigenvalue weighted by Crippen LogP contribution is 2.25. The van der Waals surface area contributed by atoms with Crippen molar-refractivity contribution in [3.05, 3.63) is 70.7 Å². The molecule has 1 N–H and O–H groups in total. The average Bonchev–Trinajstić information content (AvgIpc) is 2.31. The van der Waals surface area contributed by atoms with Gasteiger partial charge in [-0.1, -0.05) is 60.1 Å². The molecule has 0 saturated carbocycles. The van der Waals surface area contributed by atoms with E-state index in [1.54, 1.807) is 6.07 Å². The summed E-state index contributed by atoms with van der Waals surface area (Å²) in [7, 11) is 0. The summed E-state index contributed by atoms with van der Waals surface area (Å²) in [5, 5.41) is 10.7. The van der Waals surface area contributed by atoms with Crippen molar-refractivity contribution < 1.29 is 5.11 Å². The molecule has 0 aliphatic rings. The van der Waals surface area contributed by atoms with Gasteiger partial charge in [-0.25, -0.2) is 0 Å². The molecule has 82 valence electrons. The van der Waals surface area contributed by atoms with Crippen molar-refractivity contribution in [2.45, 2.75) is 12.5 Å². The van der Waals surface area contributed by atoms with E-state index in [2.05, 4.69) is 0 Å². The molecule has 0 spiro atoms. The van der Waals surface area contributed by atoms with Crippen molar-refractivity contribution in [1.82, 2.24) is 0 Å². The minimum absolute atomic E-state index is 0.545. The number of benzene rings is 2. The Morgan fingerprint density at radius 3 is 2.25 bits per heavy atom. The zero-order chi connectivity index (χ0) is 11.4. The van der Waals surface area contributed by atoms with Gasteiger partial charge in [0.05, 0.1) is 6.10 Å². The van der Waals surface area contributed by atoms with Crippen LogP contribution < -0.4 is 0 Å². The molecule has 2 aromatic carbocycles. The molecule has 0 heterocycles. The van der Waals surface area contributed by atoms with Gasteiger partial charge in [-0.15, -0.1) is 0 Å². The van der Waals surface area contributed by atoms with Gasteiger partial charge >= 0.3 is 0 Å². The van der Waals surface area contributed by atoms with E-state index in [9.17, 15) is 5.11 Å². The molecule has 1 nitrogen and oxygen atoms in total. The smallest absolute Gasteiger partial charge is 0.0844 e. The van der Waals surface area contributed by atoms with Gasteiger partial charge in [0.1, 0.15) is 0 Å². The monoisotopic (exact) mass is 232 g/mol. The van der Waals surface area contributed by atoms with Gasteiger partial charge in [-0.05, 0) is 17.2 Å². The quantitative estimate of drug-likeness (QED) is 0.857. The lowest BCUT2D eigenvalue weighted by atomic mass is 10.0. The van der Waals surface area contributed by atoms with Crippen LogP contribution in [-0.2, 0) is 6.42 Å². The van der Waals surface area contributed by atoms with Crippen molar-refractivity contribution in [3.8, 4) is 0 Å². The summed E-state index contributed by atoms with van der Waals surface area (Å²) >= 11 is 6.03. The third kappa shape index (κ3) is 2.63. The molecule has 16 heavy (non-hydrogen) atoms. The van der Waals surface area contributed by atoms with Gasteiger partial charge in [0.2, 0.25) is 0 Å². The van der Waals surface area contributed by atoms with Crippen LogP contribution in [0.4, 0.5) is 0 Å². The molecular weight excluding hydrogens is 220 g/mol. The fourth-order valence-corrected chi connectivity index (χ4v) is 1.95. The Labute approximate surface area is 100 Å². The molecule has 1 unspecified atom stereocenters. The molecule has 0 radical (unpaired) electrons. The largest absolute Gasteiger partial charge is 0.388 e. The number of hydrogen-bond donors (Lipinski definition) is 1. The Hall–Kier alpha value is -1.31. The maximum atomic E-state index is 10.1. The van der Waals surface area contributed by atoms with Crippen molar-refractivity contribution in [1.29, 1.82) is 0 Å². The molecule has 0 saturated heterocycles. The van der Waals surface area contributed by atoms with Crippen molar-refractivity contribution in [2.24, 2.45) is 0 Å². The number of aliphatic hydroxyl groups is 1. The van der Waals surface area contributed by atoms with E-state index >= 15 is 0 Å². The van der Waals surface area contributed by atoms with Crippen molar-refractivity contribution in [3.63, 3.8) is 0 Å². The van der Waals surface area contributed by atoms with E-state index in [0.717, 1.165) is 11.1 Å². The zero-order valence-electron chi connectivity index (χ0n) is 8.81. The molecule has 0 aliphatic heterocycles. The first kappa shape index (κ1) is 11.2. The van der Waals surface area contributed by atoms with E-state index < -0.39 is 6.10 Å². The fourth-order valence-electron chi connectivity index (χ4n) is 1.69. The molecular formula is C14H13ClO. The fraction of sp³-hybridized carbons (Fsp3) is 0.143. The standard InChI is InChI=1S/C14H13ClO/c15-13-9-5-4-8-12(13)14(16)10-11-6-2-1-3-7-11/h1-9,14,16H,10H2. The first-order chi connectivity index (χ1) is 7.77. The Balaban J connectivity index is 2.15. The Morgan fingerprint density at radius 2 is 1.56 bits per heavy atom. The van der Waals surface area contributed by atoms with E-state index in [4.69, 9.17) is 11.6 Å². The van der Waals surface area contributed by atoms with Gasteiger partial charge in [0.15, 0.2) is 0 Å². The lowest BCUT2D eigenvalue weighted by Gasteiger charge is -2.12. The first-order valence-corrected chi connectivity index (χ1v) is 5.61. The summed E-state index contributed by atoms with van der Waals surface area (Å²) in [6.45, 7) is 0. The maximum Gasteiger partial charge on any atom is 0.0844 e. The van der Waals surface area contributed by atoms with Gasteiger partial charge in [-0.2, -0.15) is 0 Å². The molecule has 2 rings (SSSR count). The predicted molar refractivity (Wildman–Crippen MR) is 66.6 cm³/mol. The van der Waals surface area contributed by atoms with Crippen LogP contribution in [0.3, 0.4) is 0 Å². The van der Waals surface area contributed by atoms with E-state index in [0.29, 0.717) is 11.4 Å². The van der Waals surface area contributed by atoms with Crippen LogP contribution >= 0.6 is 11.6 Å². The normalized spacial score (nSPS) is 12.4. The third-order valence-corrected chi connectivity index (χ3v) is 2.88. The molecule has 0 amide bonds. The summed E-state index contributed by atoms with van der Waals surface area (Å²) in [6.07, 6.45) is 0.0426. The summed E-state index contributed by atoms with van der Waals surface area (Å²) in [5.74, 6) is 0. The van der Waals surface area contributed by atoms with Crippen LogP contribution in [0.2, 0.25) is 5.02 Å². The summed E-state index contributed by atoms with van der Waals surface area (Å²) in [5.41, 5.74) is 1.89. The van der Waals surface area contributed by atoms with Crippen molar-refractivity contribution >= 4 is 11.6 Å². The Bertz CT molecular complexity index is 453. The SMILES string of the molecule is OC(Cc1ccccc1)c1ccccc1Cl. The summed E-state index contributed by atoms with van der Waals surface area (Å²) in [6, 6.07) is 17.3. The molecule has 0 fully saturated rings. The second-order valence-corrected chi connectivity index (χ2v) is 4.13.